The zero-order valence-corrected chi connectivity index (χ0v) is 6.06. The zero-order chi connectivity index (χ0) is 7.19. The molecule has 58 valence electrons. The Hall–Kier alpha value is -0.150. The van der Waals surface area contributed by atoms with Crippen molar-refractivity contribution in [3.8, 4) is 0 Å². The molecule has 2 rings (SSSR count). The molecule has 0 aliphatic carbocycles. The highest BCUT2D eigenvalue weighted by Crippen LogP contribution is 2.34. The molecular formula is C7H12FNO. The molecule has 2 aliphatic rings. The van der Waals surface area contributed by atoms with Gasteiger partial charge >= 0.3 is 0 Å². The number of ether oxygens (including phenoxy) is 1. The second-order valence-corrected chi connectivity index (χ2v) is 3.37. The molecule has 0 saturated carbocycles. The Bertz CT molecular complexity index is 153. The van der Waals surface area contributed by atoms with Crippen molar-refractivity contribution >= 4 is 0 Å². The van der Waals surface area contributed by atoms with Crippen LogP contribution in [-0.2, 0) is 4.74 Å². The molecule has 1 N–H and O–H groups in total. The van der Waals surface area contributed by atoms with E-state index in [1.54, 1.807) is 0 Å². The van der Waals surface area contributed by atoms with E-state index in [1.165, 1.54) is 0 Å². The summed E-state index contributed by atoms with van der Waals surface area (Å²) in [5, 5.41) is 3.16. The Morgan fingerprint density at radius 3 is 3.20 bits per heavy atom. The summed E-state index contributed by atoms with van der Waals surface area (Å²) in [6.07, 6.45) is 0.609. The van der Waals surface area contributed by atoms with E-state index in [1.807, 2.05) is 6.92 Å². The fraction of sp³-hybridized carbons (Fsp3) is 1.00. The molecule has 2 heterocycles. The second-order valence-electron chi connectivity index (χ2n) is 3.37. The van der Waals surface area contributed by atoms with Gasteiger partial charge in [-0.3, -0.25) is 0 Å². The van der Waals surface area contributed by atoms with Crippen LogP contribution in [0.5, 0.6) is 0 Å². The van der Waals surface area contributed by atoms with E-state index in [-0.39, 0.29) is 12.6 Å². The smallest absolute Gasteiger partial charge is 0.153 e. The summed E-state index contributed by atoms with van der Waals surface area (Å²) in [6, 6.07) is 0.279. The number of hydrogen-bond donors (Lipinski definition) is 1. The third-order valence-electron chi connectivity index (χ3n) is 2.38. The minimum atomic E-state index is -1.06. The first-order valence-corrected chi connectivity index (χ1v) is 3.73. The standard InChI is InChI=1S/C7H12FNO/c1-5-2-7(8)4-10-3-6(7)9-5/h5-6,9H,2-4H2,1H3. The van der Waals surface area contributed by atoms with Crippen LogP contribution >= 0.6 is 0 Å². The molecule has 10 heavy (non-hydrogen) atoms. The maximum Gasteiger partial charge on any atom is 0.153 e. The number of halogens is 1. The molecule has 3 atom stereocenters. The average molecular weight is 145 g/mol. The van der Waals surface area contributed by atoms with Crippen molar-refractivity contribution in [2.24, 2.45) is 0 Å². The van der Waals surface area contributed by atoms with Gasteiger partial charge in [0.1, 0.15) is 0 Å². The molecule has 2 fully saturated rings. The molecule has 2 nitrogen and oxygen atoms in total. The lowest BCUT2D eigenvalue weighted by Crippen LogP contribution is -2.37. The Kier molecular flexibility index (Phi) is 1.26. The van der Waals surface area contributed by atoms with E-state index in [2.05, 4.69) is 5.32 Å². The molecule has 0 bridgehead atoms. The molecule has 3 heteroatoms. The van der Waals surface area contributed by atoms with Crippen molar-refractivity contribution in [1.29, 1.82) is 0 Å². The van der Waals surface area contributed by atoms with Gasteiger partial charge in [0.15, 0.2) is 5.67 Å². The Balaban J connectivity index is 2.15. The molecule has 0 aromatic rings. The third-order valence-corrected chi connectivity index (χ3v) is 2.38. The Morgan fingerprint density at radius 1 is 1.70 bits per heavy atom. The van der Waals surface area contributed by atoms with Crippen molar-refractivity contribution < 1.29 is 9.13 Å². The number of rotatable bonds is 0. The summed E-state index contributed by atoms with van der Waals surface area (Å²) in [5.41, 5.74) is -1.06. The first kappa shape index (κ1) is 6.55. The van der Waals surface area contributed by atoms with Crippen molar-refractivity contribution in [2.75, 3.05) is 13.2 Å². The van der Waals surface area contributed by atoms with Crippen LogP contribution in [-0.4, -0.2) is 31.0 Å². The molecule has 2 aliphatic heterocycles. The van der Waals surface area contributed by atoms with Gasteiger partial charge in [-0.15, -0.1) is 0 Å². The normalized spacial score (nSPS) is 53.4. The Morgan fingerprint density at radius 2 is 2.50 bits per heavy atom. The van der Waals surface area contributed by atoms with E-state index in [0.29, 0.717) is 19.1 Å². The van der Waals surface area contributed by atoms with Gasteiger partial charge in [-0.05, 0) is 6.92 Å². The van der Waals surface area contributed by atoms with E-state index in [4.69, 9.17) is 4.74 Å². The average Bonchev–Trinajstić information content (AvgIpc) is 2.20. The van der Waals surface area contributed by atoms with Gasteiger partial charge in [0.25, 0.3) is 0 Å². The molecule has 0 aromatic heterocycles. The highest BCUT2D eigenvalue weighted by molar-refractivity contribution is 5.04. The van der Waals surface area contributed by atoms with Crippen molar-refractivity contribution in [3.05, 3.63) is 0 Å². The first-order chi connectivity index (χ1) is 4.71. The summed E-state index contributed by atoms with van der Waals surface area (Å²) >= 11 is 0. The van der Waals surface area contributed by atoms with Crippen LogP contribution in [0, 0.1) is 0 Å². The molecular weight excluding hydrogens is 133 g/mol. The molecule has 2 saturated heterocycles. The molecule has 0 spiro atoms. The van der Waals surface area contributed by atoms with Crippen LogP contribution in [0.1, 0.15) is 13.3 Å². The predicted molar refractivity (Wildman–Crippen MR) is 35.7 cm³/mol. The van der Waals surface area contributed by atoms with Crippen molar-refractivity contribution in [3.63, 3.8) is 0 Å². The lowest BCUT2D eigenvalue weighted by atomic mass is 10.00. The fourth-order valence-corrected chi connectivity index (χ4v) is 1.91. The van der Waals surface area contributed by atoms with Crippen LogP contribution in [0.25, 0.3) is 0 Å². The number of fused-ring (bicyclic) bond motifs is 1. The summed E-state index contributed by atoms with van der Waals surface area (Å²) in [6.45, 7) is 2.84. The van der Waals surface area contributed by atoms with Crippen molar-refractivity contribution in [2.45, 2.75) is 31.1 Å². The zero-order valence-electron chi connectivity index (χ0n) is 6.06. The quantitative estimate of drug-likeness (QED) is 0.535. The Labute approximate surface area is 59.7 Å². The predicted octanol–water partition coefficient (Wildman–Crippen LogP) is 0.475. The second kappa shape index (κ2) is 1.92. The first-order valence-electron chi connectivity index (χ1n) is 3.73. The van der Waals surface area contributed by atoms with Gasteiger partial charge in [0.05, 0.1) is 19.3 Å². The fourth-order valence-electron chi connectivity index (χ4n) is 1.91. The third kappa shape index (κ3) is 0.772. The largest absolute Gasteiger partial charge is 0.376 e. The SMILES string of the molecule is CC1CC2(F)COCC2N1. The van der Waals surface area contributed by atoms with E-state index >= 15 is 0 Å². The van der Waals surface area contributed by atoms with E-state index in [9.17, 15) is 4.39 Å². The van der Waals surface area contributed by atoms with Crippen LogP contribution in [0.4, 0.5) is 4.39 Å². The van der Waals surface area contributed by atoms with Gasteiger partial charge in [-0.1, -0.05) is 0 Å². The maximum absolute atomic E-state index is 13.6. The van der Waals surface area contributed by atoms with Gasteiger partial charge in [0.2, 0.25) is 0 Å². The molecule has 0 aromatic carbocycles. The lowest BCUT2D eigenvalue weighted by Gasteiger charge is -2.13. The summed E-state index contributed by atoms with van der Waals surface area (Å²) in [7, 11) is 0. The summed E-state index contributed by atoms with van der Waals surface area (Å²) in [5.74, 6) is 0. The minimum absolute atomic E-state index is 0.0394. The van der Waals surface area contributed by atoms with Crippen LogP contribution in [0.2, 0.25) is 0 Å². The topological polar surface area (TPSA) is 21.3 Å². The lowest BCUT2D eigenvalue weighted by molar-refractivity contribution is 0.110. The van der Waals surface area contributed by atoms with Crippen LogP contribution < -0.4 is 5.32 Å². The molecule has 3 unspecified atom stereocenters. The molecule has 0 amide bonds. The van der Waals surface area contributed by atoms with Gasteiger partial charge in [0, 0.05) is 12.5 Å². The summed E-state index contributed by atoms with van der Waals surface area (Å²) < 4.78 is 18.6. The maximum atomic E-state index is 13.6. The highest BCUT2D eigenvalue weighted by atomic mass is 19.1. The van der Waals surface area contributed by atoms with Gasteiger partial charge in [-0.2, -0.15) is 0 Å². The minimum Gasteiger partial charge on any atom is -0.376 e. The monoisotopic (exact) mass is 145 g/mol. The van der Waals surface area contributed by atoms with Gasteiger partial charge < -0.3 is 10.1 Å². The molecule has 0 radical (unpaired) electrons. The van der Waals surface area contributed by atoms with E-state index < -0.39 is 5.67 Å². The van der Waals surface area contributed by atoms with Crippen molar-refractivity contribution in [1.82, 2.24) is 5.32 Å². The number of hydrogen-bond acceptors (Lipinski definition) is 2. The van der Waals surface area contributed by atoms with E-state index in [0.717, 1.165) is 0 Å². The van der Waals surface area contributed by atoms with Gasteiger partial charge in [-0.25, -0.2) is 4.39 Å². The number of alkyl halides is 1. The highest BCUT2D eigenvalue weighted by Gasteiger charge is 2.50. The van der Waals surface area contributed by atoms with Crippen LogP contribution in [0.15, 0.2) is 0 Å². The number of nitrogens with one attached hydrogen (secondary N) is 1. The summed E-state index contributed by atoms with van der Waals surface area (Å²) in [4.78, 5) is 0. The van der Waals surface area contributed by atoms with Crippen LogP contribution in [0.3, 0.4) is 0 Å².